The molecular formula is C13H20N4O2. The summed E-state index contributed by atoms with van der Waals surface area (Å²) >= 11 is 0. The molecule has 1 aliphatic rings. The summed E-state index contributed by atoms with van der Waals surface area (Å²) < 4.78 is 0. The van der Waals surface area contributed by atoms with Gasteiger partial charge in [-0.05, 0) is 37.8 Å². The molecule has 1 aromatic rings. The lowest BCUT2D eigenvalue weighted by Gasteiger charge is -2.29. The van der Waals surface area contributed by atoms with Crippen molar-refractivity contribution in [3.05, 3.63) is 27.9 Å². The molecule has 0 amide bonds. The first-order valence-corrected chi connectivity index (χ1v) is 6.58. The molecule has 6 heteroatoms. The molecule has 2 rings (SSSR count). The molecular weight excluding hydrogens is 244 g/mol. The zero-order chi connectivity index (χ0) is 14.0. The van der Waals surface area contributed by atoms with E-state index in [0.29, 0.717) is 18.3 Å². The topological polar surface area (TPSA) is 85.3 Å². The zero-order valence-corrected chi connectivity index (χ0v) is 11.4. The largest absolute Gasteiger partial charge is 0.351 e. The molecule has 2 atom stereocenters. The summed E-state index contributed by atoms with van der Waals surface area (Å²) in [5.74, 6) is 0.841. The normalized spacial score (nSPS) is 22.5. The first-order valence-electron chi connectivity index (χ1n) is 6.58. The molecule has 6 nitrogen and oxygen atoms in total. The van der Waals surface area contributed by atoms with Gasteiger partial charge in [0.15, 0.2) is 0 Å². The van der Waals surface area contributed by atoms with Gasteiger partial charge in [-0.2, -0.15) is 0 Å². The zero-order valence-electron chi connectivity index (χ0n) is 11.4. The van der Waals surface area contributed by atoms with Crippen LogP contribution in [0.5, 0.6) is 0 Å². The first kappa shape index (κ1) is 13.7. The summed E-state index contributed by atoms with van der Waals surface area (Å²) in [5.41, 5.74) is 6.65. The van der Waals surface area contributed by atoms with Crippen molar-refractivity contribution < 1.29 is 4.92 Å². The van der Waals surface area contributed by atoms with E-state index in [4.69, 9.17) is 5.73 Å². The second kappa shape index (κ2) is 5.52. The summed E-state index contributed by atoms with van der Waals surface area (Å²) in [7, 11) is 1.88. The lowest BCUT2D eigenvalue weighted by atomic mass is 10.0. The highest BCUT2D eigenvalue weighted by Crippen LogP contribution is 2.34. The fourth-order valence-electron chi connectivity index (χ4n) is 2.91. The van der Waals surface area contributed by atoms with Crippen molar-refractivity contribution in [2.45, 2.75) is 32.2 Å². The molecule has 0 saturated heterocycles. The van der Waals surface area contributed by atoms with Gasteiger partial charge in [-0.15, -0.1) is 0 Å². The maximum absolute atomic E-state index is 11.2. The number of pyridine rings is 1. The van der Waals surface area contributed by atoms with Gasteiger partial charge in [-0.25, -0.2) is 4.98 Å². The van der Waals surface area contributed by atoms with Crippen LogP contribution >= 0.6 is 0 Å². The van der Waals surface area contributed by atoms with E-state index in [1.165, 1.54) is 0 Å². The van der Waals surface area contributed by atoms with Gasteiger partial charge in [0.1, 0.15) is 0 Å². The third-order valence-corrected chi connectivity index (χ3v) is 3.93. The fourth-order valence-corrected chi connectivity index (χ4v) is 2.91. The van der Waals surface area contributed by atoms with E-state index in [9.17, 15) is 10.1 Å². The third kappa shape index (κ3) is 2.68. The van der Waals surface area contributed by atoms with Crippen LogP contribution in [0.2, 0.25) is 0 Å². The second-order valence-electron chi connectivity index (χ2n) is 5.22. The van der Waals surface area contributed by atoms with Gasteiger partial charge in [0.2, 0.25) is 5.82 Å². The van der Waals surface area contributed by atoms with Crippen LogP contribution in [0.4, 0.5) is 11.5 Å². The Bertz CT molecular complexity index is 478. The Morgan fingerprint density at radius 2 is 2.32 bits per heavy atom. The summed E-state index contributed by atoms with van der Waals surface area (Å²) in [6.07, 6.45) is 4.90. The standard InChI is InChI=1S/C13H20N4O2/c1-9-6-12(17(18)19)13(15-8-9)16(2)11-5-3-4-10(11)7-14/h6,8,10-11H,3-5,7,14H2,1-2H3. The Morgan fingerprint density at radius 1 is 1.58 bits per heavy atom. The molecule has 1 heterocycles. The van der Waals surface area contributed by atoms with E-state index < -0.39 is 0 Å². The highest BCUT2D eigenvalue weighted by atomic mass is 16.6. The fraction of sp³-hybridized carbons (Fsp3) is 0.615. The summed E-state index contributed by atoms with van der Waals surface area (Å²) in [4.78, 5) is 17.0. The number of anilines is 1. The maximum Gasteiger partial charge on any atom is 0.311 e. The van der Waals surface area contributed by atoms with Gasteiger partial charge in [-0.3, -0.25) is 10.1 Å². The van der Waals surface area contributed by atoms with Crippen LogP contribution in [-0.4, -0.2) is 29.5 Å². The predicted molar refractivity (Wildman–Crippen MR) is 74.2 cm³/mol. The number of nitro groups is 1. The van der Waals surface area contributed by atoms with E-state index in [-0.39, 0.29) is 16.7 Å². The van der Waals surface area contributed by atoms with Crippen LogP contribution in [0.15, 0.2) is 12.3 Å². The molecule has 0 radical (unpaired) electrons. The number of nitrogens with two attached hydrogens (primary N) is 1. The van der Waals surface area contributed by atoms with Crippen molar-refractivity contribution in [2.24, 2.45) is 11.7 Å². The van der Waals surface area contributed by atoms with Crippen molar-refractivity contribution in [2.75, 3.05) is 18.5 Å². The molecule has 1 aromatic heterocycles. The second-order valence-corrected chi connectivity index (χ2v) is 5.22. The summed E-state index contributed by atoms with van der Waals surface area (Å²) in [6, 6.07) is 1.82. The van der Waals surface area contributed by atoms with Crippen LogP contribution in [0, 0.1) is 23.0 Å². The molecule has 1 saturated carbocycles. The molecule has 0 aliphatic heterocycles. The molecule has 2 unspecified atom stereocenters. The van der Waals surface area contributed by atoms with E-state index in [1.54, 1.807) is 12.3 Å². The lowest BCUT2D eigenvalue weighted by Crippen LogP contribution is -2.38. The molecule has 2 N–H and O–H groups in total. The van der Waals surface area contributed by atoms with Gasteiger partial charge in [0.05, 0.1) is 4.92 Å². The smallest absolute Gasteiger partial charge is 0.311 e. The van der Waals surface area contributed by atoms with Gasteiger partial charge in [0, 0.05) is 25.4 Å². The Kier molecular flexibility index (Phi) is 3.99. The highest BCUT2D eigenvalue weighted by Gasteiger charge is 2.32. The molecule has 1 fully saturated rings. The van der Waals surface area contributed by atoms with Gasteiger partial charge in [-0.1, -0.05) is 6.42 Å². The number of aryl methyl sites for hydroxylation is 1. The number of nitrogens with zero attached hydrogens (tertiary/aromatic N) is 3. The molecule has 19 heavy (non-hydrogen) atoms. The third-order valence-electron chi connectivity index (χ3n) is 3.93. The molecule has 0 bridgehead atoms. The number of hydrogen-bond donors (Lipinski definition) is 1. The van der Waals surface area contributed by atoms with Gasteiger partial charge < -0.3 is 10.6 Å². The van der Waals surface area contributed by atoms with Crippen molar-refractivity contribution in [1.82, 2.24) is 4.98 Å². The van der Waals surface area contributed by atoms with Crippen molar-refractivity contribution >= 4 is 11.5 Å². The Hall–Kier alpha value is -1.69. The Labute approximate surface area is 112 Å². The van der Waals surface area contributed by atoms with Gasteiger partial charge >= 0.3 is 5.69 Å². The summed E-state index contributed by atoms with van der Waals surface area (Å²) in [6.45, 7) is 2.43. The van der Waals surface area contributed by atoms with Crippen LogP contribution in [0.25, 0.3) is 0 Å². The predicted octanol–water partition coefficient (Wildman–Crippen LogP) is 1.86. The first-order chi connectivity index (χ1) is 9.04. The molecule has 1 aliphatic carbocycles. The maximum atomic E-state index is 11.2. The molecule has 0 spiro atoms. The minimum Gasteiger partial charge on any atom is -0.351 e. The van der Waals surface area contributed by atoms with Gasteiger partial charge in [0.25, 0.3) is 0 Å². The van der Waals surface area contributed by atoms with E-state index >= 15 is 0 Å². The number of rotatable bonds is 4. The number of hydrogen-bond acceptors (Lipinski definition) is 5. The van der Waals surface area contributed by atoms with Crippen LogP contribution in [0.3, 0.4) is 0 Å². The summed E-state index contributed by atoms with van der Waals surface area (Å²) in [5, 5.41) is 11.2. The Morgan fingerprint density at radius 3 is 2.95 bits per heavy atom. The van der Waals surface area contributed by atoms with Crippen molar-refractivity contribution in [1.29, 1.82) is 0 Å². The van der Waals surface area contributed by atoms with Crippen LogP contribution in [-0.2, 0) is 0 Å². The lowest BCUT2D eigenvalue weighted by molar-refractivity contribution is -0.384. The minimum atomic E-state index is -0.363. The molecule has 0 aromatic carbocycles. The van der Waals surface area contributed by atoms with Crippen LogP contribution < -0.4 is 10.6 Å². The monoisotopic (exact) mass is 264 g/mol. The van der Waals surface area contributed by atoms with E-state index in [0.717, 1.165) is 24.8 Å². The SMILES string of the molecule is Cc1cnc(N(C)C2CCCC2CN)c([N+](=O)[O-])c1. The number of aromatic nitrogens is 1. The Balaban J connectivity index is 2.33. The minimum absolute atomic E-state index is 0.0742. The van der Waals surface area contributed by atoms with Crippen molar-refractivity contribution in [3.63, 3.8) is 0 Å². The van der Waals surface area contributed by atoms with E-state index in [2.05, 4.69) is 4.98 Å². The highest BCUT2D eigenvalue weighted by molar-refractivity contribution is 5.58. The van der Waals surface area contributed by atoms with Crippen molar-refractivity contribution in [3.8, 4) is 0 Å². The average molecular weight is 264 g/mol. The van der Waals surface area contributed by atoms with E-state index in [1.807, 2.05) is 18.9 Å². The molecule has 104 valence electrons. The quantitative estimate of drug-likeness (QED) is 0.662. The van der Waals surface area contributed by atoms with Crippen LogP contribution in [0.1, 0.15) is 24.8 Å². The average Bonchev–Trinajstić information content (AvgIpc) is 2.86.